The van der Waals surface area contributed by atoms with Crippen molar-refractivity contribution in [3.63, 3.8) is 0 Å². The highest BCUT2D eigenvalue weighted by Crippen LogP contribution is 2.30. The van der Waals surface area contributed by atoms with E-state index in [2.05, 4.69) is 22.7 Å². The Morgan fingerprint density at radius 3 is 2.50 bits per heavy atom. The summed E-state index contributed by atoms with van der Waals surface area (Å²) in [7, 11) is 1.66. The molecule has 1 saturated heterocycles. The van der Waals surface area contributed by atoms with Crippen LogP contribution in [0.3, 0.4) is 0 Å². The molecule has 0 unspecified atom stereocenters. The molecule has 36 heavy (non-hydrogen) atoms. The van der Waals surface area contributed by atoms with E-state index in [1.54, 1.807) is 7.11 Å². The maximum absolute atomic E-state index is 13.0. The van der Waals surface area contributed by atoms with E-state index in [4.69, 9.17) is 19.2 Å². The number of pyridine rings is 1. The lowest BCUT2D eigenvalue weighted by Crippen LogP contribution is -2.40. The van der Waals surface area contributed by atoms with Gasteiger partial charge in [0.1, 0.15) is 17.1 Å². The Morgan fingerprint density at radius 2 is 1.75 bits per heavy atom. The van der Waals surface area contributed by atoms with Gasteiger partial charge in [0.2, 0.25) is 5.91 Å². The van der Waals surface area contributed by atoms with E-state index in [1.165, 1.54) is 0 Å². The van der Waals surface area contributed by atoms with Crippen LogP contribution in [0.15, 0.2) is 66.9 Å². The molecule has 1 fully saturated rings. The third-order valence-electron chi connectivity index (χ3n) is 6.50. The van der Waals surface area contributed by atoms with Crippen LogP contribution in [0.1, 0.15) is 19.0 Å². The van der Waals surface area contributed by atoms with Crippen LogP contribution in [0.25, 0.3) is 28.0 Å². The minimum absolute atomic E-state index is 0.148. The zero-order valence-corrected chi connectivity index (χ0v) is 20.8. The molecule has 0 saturated carbocycles. The van der Waals surface area contributed by atoms with Crippen LogP contribution in [0.4, 0.5) is 0 Å². The quantitative estimate of drug-likeness (QED) is 0.356. The van der Waals surface area contributed by atoms with E-state index in [1.807, 2.05) is 60.4 Å². The van der Waals surface area contributed by atoms with E-state index >= 15 is 0 Å². The van der Waals surface area contributed by atoms with Crippen LogP contribution in [0.5, 0.6) is 11.5 Å². The van der Waals surface area contributed by atoms with Gasteiger partial charge in [-0.25, -0.2) is 4.98 Å². The fourth-order valence-electron chi connectivity index (χ4n) is 4.61. The third-order valence-corrected chi connectivity index (χ3v) is 6.50. The standard InChI is InChI=1S/C29H31N3O4/c1-3-36-25-6-4-5-22(19-25)23-9-13-27-30-29(21-7-10-24(34-2)11-8-21)26(32(27)20-23)12-14-28(33)31-15-17-35-18-16-31/h4-11,13,19-20H,3,12,14-18H2,1-2H3. The highest BCUT2D eigenvalue weighted by molar-refractivity contribution is 5.77. The molecule has 0 aliphatic carbocycles. The Labute approximate surface area is 211 Å². The molecule has 2 aromatic heterocycles. The number of carbonyl (C=O) groups excluding carboxylic acids is 1. The van der Waals surface area contributed by atoms with Crippen molar-refractivity contribution in [1.82, 2.24) is 14.3 Å². The fourth-order valence-corrected chi connectivity index (χ4v) is 4.61. The Balaban J connectivity index is 1.53. The number of methoxy groups -OCH3 is 1. The molecule has 0 radical (unpaired) electrons. The highest BCUT2D eigenvalue weighted by Gasteiger charge is 2.20. The fraction of sp³-hybridized carbons (Fsp3) is 0.310. The van der Waals surface area contributed by atoms with Gasteiger partial charge >= 0.3 is 0 Å². The molecule has 0 N–H and O–H groups in total. The summed E-state index contributed by atoms with van der Waals surface area (Å²) in [5.41, 5.74) is 5.86. The molecule has 7 heteroatoms. The number of ether oxygens (including phenoxy) is 3. The number of imidazole rings is 1. The van der Waals surface area contributed by atoms with Crippen molar-refractivity contribution >= 4 is 11.6 Å². The van der Waals surface area contributed by atoms with Crippen LogP contribution in [-0.2, 0) is 16.0 Å². The molecular formula is C29H31N3O4. The number of benzene rings is 2. The number of aryl methyl sites for hydroxylation is 1. The van der Waals surface area contributed by atoms with Gasteiger partial charge in [-0.05, 0) is 73.0 Å². The van der Waals surface area contributed by atoms with Crippen molar-refractivity contribution in [2.45, 2.75) is 19.8 Å². The zero-order valence-electron chi connectivity index (χ0n) is 20.8. The summed E-state index contributed by atoms with van der Waals surface area (Å²) in [5.74, 6) is 1.79. The summed E-state index contributed by atoms with van der Waals surface area (Å²) in [4.78, 5) is 19.8. The first kappa shape index (κ1) is 23.9. The molecule has 1 aliphatic heterocycles. The van der Waals surface area contributed by atoms with Gasteiger partial charge in [0, 0.05) is 31.3 Å². The molecule has 4 aromatic rings. The number of hydrogen-bond acceptors (Lipinski definition) is 5. The second kappa shape index (κ2) is 10.8. The summed E-state index contributed by atoms with van der Waals surface area (Å²) >= 11 is 0. The number of fused-ring (bicyclic) bond motifs is 1. The minimum Gasteiger partial charge on any atom is -0.497 e. The number of carbonyl (C=O) groups is 1. The Bertz CT molecular complexity index is 1340. The van der Waals surface area contributed by atoms with E-state index in [0.717, 1.165) is 45.2 Å². The summed E-state index contributed by atoms with van der Waals surface area (Å²) in [6.45, 7) is 5.10. The molecule has 5 rings (SSSR count). The van der Waals surface area contributed by atoms with Crippen molar-refractivity contribution < 1.29 is 19.0 Å². The largest absolute Gasteiger partial charge is 0.497 e. The van der Waals surface area contributed by atoms with E-state index in [9.17, 15) is 4.79 Å². The lowest BCUT2D eigenvalue weighted by atomic mass is 10.1. The predicted octanol–water partition coefficient (Wildman–Crippen LogP) is 4.87. The van der Waals surface area contributed by atoms with Gasteiger partial charge in [0.05, 0.1) is 38.3 Å². The highest BCUT2D eigenvalue weighted by atomic mass is 16.5. The molecule has 7 nitrogen and oxygen atoms in total. The minimum atomic E-state index is 0.148. The smallest absolute Gasteiger partial charge is 0.223 e. The molecule has 0 bridgehead atoms. The van der Waals surface area contributed by atoms with E-state index < -0.39 is 0 Å². The van der Waals surface area contributed by atoms with Crippen molar-refractivity contribution in [2.24, 2.45) is 0 Å². The number of nitrogens with zero attached hydrogens (tertiary/aromatic N) is 3. The van der Waals surface area contributed by atoms with Gasteiger partial charge in [0.25, 0.3) is 0 Å². The van der Waals surface area contributed by atoms with Gasteiger partial charge in [-0.3, -0.25) is 4.79 Å². The van der Waals surface area contributed by atoms with Gasteiger partial charge in [0.15, 0.2) is 0 Å². The van der Waals surface area contributed by atoms with E-state index in [0.29, 0.717) is 45.8 Å². The van der Waals surface area contributed by atoms with Crippen molar-refractivity contribution in [1.29, 1.82) is 0 Å². The van der Waals surface area contributed by atoms with Crippen molar-refractivity contribution in [2.75, 3.05) is 40.0 Å². The Morgan fingerprint density at radius 1 is 0.972 bits per heavy atom. The van der Waals surface area contributed by atoms with Crippen LogP contribution < -0.4 is 9.47 Å². The van der Waals surface area contributed by atoms with Crippen molar-refractivity contribution in [3.8, 4) is 33.9 Å². The maximum Gasteiger partial charge on any atom is 0.223 e. The Kier molecular flexibility index (Phi) is 7.18. The van der Waals surface area contributed by atoms with Gasteiger partial charge in [-0.1, -0.05) is 12.1 Å². The summed E-state index contributed by atoms with van der Waals surface area (Å²) in [5, 5.41) is 0. The van der Waals surface area contributed by atoms with Gasteiger partial charge in [-0.2, -0.15) is 0 Å². The topological polar surface area (TPSA) is 65.3 Å². The number of hydrogen-bond donors (Lipinski definition) is 0. The van der Waals surface area contributed by atoms with Crippen LogP contribution in [0, 0.1) is 0 Å². The molecule has 1 aliphatic rings. The summed E-state index contributed by atoms with van der Waals surface area (Å²) < 4.78 is 18.6. The molecule has 0 atom stereocenters. The number of morpholine rings is 1. The first-order chi connectivity index (χ1) is 17.7. The normalized spacial score (nSPS) is 13.7. The molecule has 3 heterocycles. The molecule has 1 amide bonds. The summed E-state index contributed by atoms with van der Waals surface area (Å²) in [6, 6.07) is 20.1. The van der Waals surface area contributed by atoms with Gasteiger partial charge in [-0.15, -0.1) is 0 Å². The number of aromatic nitrogens is 2. The zero-order chi connectivity index (χ0) is 24.9. The van der Waals surface area contributed by atoms with Crippen LogP contribution in [-0.4, -0.2) is 60.2 Å². The average Bonchev–Trinajstić information content (AvgIpc) is 3.30. The second-order valence-electron chi connectivity index (χ2n) is 8.74. The third kappa shape index (κ3) is 5.06. The van der Waals surface area contributed by atoms with Gasteiger partial charge < -0.3 is 23.5 Å². The second-order valence-corrected chi connectivity index (χ2v) is 8.74. The van der Waals surface area contributed by atoms with Crippen LogP contribution in [0.2, 0.25) is 0 Å². The average molecular weight is 486 g/mol. The monoisotopic (exact) mass is 485 g/mol. The van der Waals surface area contributed by atoms with E-state index in [-0.39, 0.29) is 5.91 Å². The number of amides is 1. The lowest BCUT2D eigenvalue weighted by Gasteiger charge is -2.26. The SMILES string of the molecule is CCOc1cccc(-c2ccc3nc(-c4ccc(OC)cc4)c(CCC(=O)N4CCOCC4)n3c2)c1. The van der Waals surface area contributed by atoms with Crippen molar-refractivity contribution in [3.05, 3.63) is 72.6 Å². The molecule has 0 spiro atoms. The first-order valence-corrected chi connectivity index (χ1v) is 12.4. The maximum atomic E-state index is 13.0. The molecule has 2 aromatic carbocycles. The molecule has 186 valence electrons. The predicted molar refractivity (Wildman–Crippen MR) is 140 cm³/mol. The summed E-state index contributed by atoms with van der Waals surface area (Å²) in [6.07, 6.45) is 3.11. The van der Waals surface area contributed by atoms with Crippen LogP contribution >= 0.6 is 0 Å². The first-order valence-electron chi connectivity index (χ1n) is 12.4. The molecular weight excluding hydrogens is 454 g/mol. The Hall–Kier alpha value is -3.84. The number of rotatable bonds is 8. The lowest BCUT2D eigenvalue weighted by molar-refractivity contribution is -0.135.